The third-order valence-corrected chi connectivity index (χ3v) is 8.08. The lowest BCUT2D eigenvalue weighted by Crippen LogP contribution is -2.49. The first kappa shape index (κ1) is 20.0. The van der Waals surface area contributed by atoms with Crippen LogP contribution in [-0.2, 0) is 25.8 Å². The molecule has 1 saturated carbocycles. The van der Waals surface area contributed by atoms with Gasteiger partial charge >= 0.3 is 6.03 Å². The summed E-state index contributed by atoms with van der Waals surface area (Å²) in [4.78, 5) is 44.1. The third-order valence-electron chi connectivity index (χ3n) is 6.33. The summed E-state index contributed by atoms with van der Waals surface area (Å²) in [6.45, 7) is -0.359. The molecular formula is C21H24N4O5S. The molecule has 3 heterocycles. The maximum atomic E-state index is 13.0. The highest BCUT2D eigenvalue weighted by atomic mass is 32.2. The molecule has 0 bridgehead atoms. The Bertz CT molecular complexity index is 1170. The second-order valence-corrected chi connectivity index (χ2v) is 10.8. The smallest absolute Gasteiger partial charge is 0.325 e. The van der Waals surface area contributed by atoms with E-state index in [0.29, 0.717) is 12.8 Å². The number of para-hydroxylation sites is 1. The van der Waals surface area contributed by atoms with Crippen molar-refractivity contribution in [1.82, 2.24) is 20.1 Å². The normalized spacial score (nSPS) is 25.2. The summed E-state index contributed by atoms with van der Waals surface area (Å²) in [5.41, 5.74) is 1.87. The molecule has 1 aromatic carbocycles. The van der Waals surface area contributed by atoms with Crippen molar-refractivity contribution in [3.8, 4) is 0 Å². The number of carbonyl (C=O) groups excluding carboxylic acids is 3. The number of imide groups is 1. The van der Waals surface area contributed by atoms with Crippen molar-refractivity contribution in [2.24, 2.45) is 0 Å². The monoisotopic (exact) mass is 444 g/mol. The Balaban J connectivity index is 1.28. The number of carbonyl (C=O) groups is 3. The van der Waals surface area contributed by atoms with Crippen LogP contribution >= 0.6 is 0 Å². The zero-order chi connectivity index (χ0) is 21.8. The summed E-state index contributed by atoms with van der Waals surface area (Å²) in [5.74, 6) is -0.762. The Labute approximate surface area is 179 Å². The summed E-state index contributed by atoms with van der Waals surface area (Å²) in [7, 11) is -3.14. The van der Waals surface area contributed by atoms with Gasteiger partial charge in [-0.2, -0.15) is 0 Å². The number of aromatic nitrogens is 1. The Hall–Kier alpha value is -2.88. The first-order valence-electron chi connectivity index (χ1n) is 10.5. The number of rotatable bonds is 6. The van der Waals surface area contributed by atoms with Crippen LogP contribution in [0.4, 0.5) is 4.79 Å². The Morgan fingerprint density at radius 1 is 1.13 bits per heavy atom. The molecule has 0 spiro atoms. The summed E-state index contributed by atoms with van der Waals surface area (Å²) < 4.78 is 23.8. The lowest BCUT2D eigenvalue weighted by Gasteiger charge is -2.29. The van der Waals surface area contributed by atoms with Gasteiger partial charge in [0.05, 0.1) is 11.5 Å². The van der Waals surface area contributed by atoms with Crippen LogP contribution in [-0.4, -0.2) is 77.2 Å². The SMILES string of the molecule is O=C1N[C@H](Cc2c[nH]c3ccccc23)C(=O)N1CC(=O)N(C1CC1)[C@H]1CCS(=O)(=O)C1. The quantitative estimate of drug-likeness (QED) is 0.639. The van der Waals surface area contributed by atoms with E-state index < -0.39 is 27.8 Å². The van der Waals surface area contributed by atoms with Gasteiger partial charge in [0.15, 0.2) is 9.84 Å². The van der Waals surface area contributed by atoms with Gasteiger partial charge in [0.1, 0.15) is 12.6 Å². The predicted molar refractivity (Wildman–Crippen MR) is 113 cm³/mol. The van der Waals surface area contributed by atoms with Crippen LogP contribution in [0.5, 0.6) is 0 Å². The number of sulfone groups is 1. The van der Waals surface area contributed by atoms with E-state index in [4.69, 9.17) is 0 Å². The average Bonchev–Trinajstić information content (AvgIpc) is 3.30. The highest BCUT2D eigenvalue weighted by molar-refractivity contribution is 7.91. The predicted octanol–water partition coefficient (Wildman–Crippen LogP) is 0.809. The number of H-pyrrole nitrogens is 1. The molecule has 9 nitrogen and oxygen atoms in total. The Kier molecular flexibility index (Phi) is 4.76. The highest BCUT2D eigenvalue weighted by Crippen LogP contribution is 2.32. The molecule has 0 radical (unpaired) electrons. The van der Waals surface area contributed by atoms with E-state index in [9.17, 15) is 22.8 Å². The number of hydrogen-bond donors (Lipinski definition) is 2. The van der Waals surface area contributed by atoms with E-state index in [1.807, 2.05) is 30.5 Å². The lowest BCUT2D eigenvalue weighted by atomic mass is 10.1. The van der Waals surface area contributed by atoms with Crippen molar-refractivity contribution in [3.05, 3.63) is 36.0 Å². The van der Waals surface area contributed by atoms with Crippen LogP contribution in [0.15, 0.2) is 30.5 Å². The fourth-order valence-electron chi connectivity index (χ4n) is 4.66. The zero-order valence-electron chi connectivity index (χ0n) is 16.9. The fourth-order valence-corrected chi connectivity index (χ4v) is 6.37. The minimum absolute atomic E-state index is 0.00795. The average molecular weight is 445 g/mol. The van der Waals surface area contributed by atoms with E-state index in [2.05, 4.69) is 10.3 Å². The zero-order valence-corrected chi connectivity index (χ0v) is 17.7. The number of amides is 4. The number of aromatic amines is 1. The molecule has 2 aliphatic heterocycles. The third kappa shape index (κ3) is 3.80. The molecule has 2 aromatic rings. The molecule has 10 heteroatoms. The molecule has 2 N–H and O–H groups in total. The van der Waals surface area contributed by atoms with Gasteiger partial charge in [0.2, 0.25) is 5.91 Å². The standard InChI is InChI=1S/C21H24N4O5S/c26-19(25(14-5-6-14)15-7-8-31(29,30)12-15)11-24-20(27)18(23-21(24)28)9-13-10-22-17-4-2-1-3-16(13)17/h1-4,10,14-15,18,22H,5-9,11-12H2,(H,23,28)/t15-,18+/m0/s1. The van der Waals surface area contributed by atoms with E-state index in [1.54, 1.807) is 4.90 Å². The largest absolute Gasteiger partial charge is 0.361 e. The van der Waals surface area contributed by atoms with Crippen LogP contribution in [0.2, 0.25) is 0 Å². The van der Waals surface area contributed by atoms with E-state index in [0.717, 1.165) is 34.2 Å². The number of fused-ring (bicyclic) bond motifs is 1. The number of nitrogens with zero attached hydrogens (tertiary/aromatic N) is 2. The van der Waals surface area contributed by atoms with E-state index in [-0.39, 0.29) is 36.0 Å². The molecular weight excluding hydrogens is 420 g/mol. The van der Waals surface area contributed by atoms with Crippen molar-refractivity contribution in [2.45, 2.75) is 43.8 Å². The minimum atomic E-state index is -3.14. The van der Waals surface area contributed by atoms with Gasteiger partial charge in [-0.15, -0.1) is 0 Å². The van der Waals surface area contributed by atoms with Crippen LogP contribution in [0, 0.1) is 0 Å². The van der Waals surface area contributed by atoms with Crippen molar-refractivity contribution in [2.75, 3.05) is 18.1 Å². The van der Waals surface area contributed by atoms with Crippen molar-refractivity contribution >= 4 is 38.6 Å². The first-order valence-corrected chi connectivity index (χ1v) is 12.3. The summed E-state index contributed by atoms with van der Waals surface area (Å²) in [6, 6.07) is 6.04. The molecule has 2 saturated heterocycles. The molecule has 0 unspecified atom stereocenters. The maximum Gasteiger partial charge on any atom is 0.325 e. The Morgan fingerprint density at radius 2 is 1.90 bits per heavy atom. The molecule has 3 aliphatic rings. The van der Waals surface area contributed by atoms with Gasteiger partial charge in [-0.05, 0) is 30.9 Å². The first-order chi connectivity index (χ1) is 14.8. The molecule has 2 atom stereocenters. The second kappa shape index (κ2) is 7.37. The van der Waals surface area contributed by atoms with E-state index in [1.165, 1.54) is 0 Å². The van der Waals surface area contributed by atoms with Gasteiger partial charge < -0.3 is 15.2 Å². The molecule has 1 aromatic heterocycles. The second-order valence-electron chi connectivity index (χ2n) is 8.58. The van der Waals surface area contributed by atoms with Crippen molar-refractivity contribution < 1.29 is 22.8 Å². The molecule has 4 amide bonds. The van der Waals surface area contributed by atoms with Crippen LogP contribution in [0.1, 0.15) is 24.8 Å². The highest BCUT2D eigenvalue weighted by Gasteiger charge is 2.45. The van der Waals surface area contributed by atoms with Crippen LogP contribution in [0.3, 0.4) is 0 Å². The Morgan fingerprint density at radius 3 is 2.61 bits per heavy atom. The summed E-state index contributed by atoms with van der Waals surface area (Å²) in [6.07, 6.45) is 4.21. The lowest BCUT2D eigenvalue weighted by molar-refractivity contribution is -0.139. The number of hydrogen-bond acceptors (Lipinski definition) is 5. The maximum absolute atomic E-state index is 13.0. The van der Waals surface area contributed by atoms with Gasteiger partial charge in [-0.3, -0.25) is 14.5 Å². The van der Waals surface area contributed by atoms with Crippen molar-refractivity contribution in [1.29, 1.82) is 0 Å². The minimum Gasteiger partial charge on any atom is -0.361 e. The van der Waals surface area contributed by atoms with Gasteiger partial charge in [-0.25, -0.2) is 13.2 Å². The van der Waals surface area contributed by atoms with E-state index >= 15 is 0 Å². The van der Waals surface area contributed by atoms with Crippen molar-refractivity contribution in [3.63, 3.8) is 0 Å². The molecule has 5 rings (SSSR count). The number of urea groups is 1. The molecule has 31 heavy (non-hydrogen) atoms. The number of nitrogens with one attached hydrogen (secondary N) is 2. The molecule has 3 fully saturated rings. The van der Waals surface area contributed by atoms with Gasteiger partial charge in [0, 0.05) is 35.6 Å². The fraction of sp³-hybridized carbons (Fsp3) is 0.476. The number of benzene rings is 1. The van der Waals surface area contributed by atoms with Gasteiger partial charge in [0.25, 0.3) is 5.91 Å². The summed E-state index contributed by atoms with van der Waals surface area (Å²) >= 11 is 0. The van der Waals surface area contributed by atoms with Crippen LogP contribution in [0.25, 0.3) is 10.9 Å². The molecule has 164 valence electrons. The summed E-state index contributed by atoms with van der Waals surface area (Å²) in [5, 5.41) is 3.67. The van der Waals surface area contributed by atoms with Crippen LogP contribution < -0.4 is 5.32 Å². The molecule has 1 aliphatic carbocycles. The van der Waals surface area contributed by atoms with Gasteiger partial charge in [-0.1, -0.05) is 18.2 Å². The topological polar surface area (TPSA) is 120 Å².